The number of aryl methyl sites for hydroxylation is 2. The van der Waals surface area contributed by atoms with Crippen LogP contribution in [0.5, 0.6) is 0 Å². The molecule has 0 heterocycles. The molecule has 2 atom stereocenters. The van der Waals surface area contributed by atoms with Crippen molar-refractivity contribution >= 4 is 21.8 Å². The second-order valence-corrected chi connectivity index (χ2v) is 6.69. The van der Waals surface area contributed by atoms with E-state index >= 15 is 0 Å². The third-order valence-corrected chi connectivity index (χ3v) is 5.11. The van der Waals surface area contributed by atoms with Gasteiger partial charge in [0.25, 0.3) is 5.91 Å². The number of hydrogen-bond acceptors (Lipinski definition) is 1. The van der Waals surface area contributed by atoms with E-state index in [1.54, 1.807) is 0 Å². The Morgan fingerprint density at radius 3 is 2.35 bits per heavy atom. The van der Waals surface area contributed by atoms with E-state index in [9.17, 15) is 4.79 Å². The first-order valence-corrected chi connectivity index (χ1v) is 8.64. The number of nitrogens with one attached hydrogen (secondary N) is 1. The van der Waals surface area contributed by atoms with Gasteiger partial charge >= 0.3 is 0 Å². The van der Waals surface area contributed by atoms with Gasteiger partial charge in [-0.15, -0.1) is 0 Å². The number of rotatable bonds is 4. The van der Waals surface area contributed by atoms with Crippen molar-refractivity contribution in [2.24, 2.45) is 11.8 Å². The van der Waals surface area contributed by atoms with Crippen molar-refractivity contribution in [2.45, 2.75) is 39.5 Å². The maximum atomic E-state index is 12.3. The zero-order valence-electron chi connectivity index (χ0n) is 12.4. The first-order valence-electron chi connectivity index (χ1n) is 7.52. The molecule has 1 aliphatic rings. The molecule has 1 amide bonds. The van der Waals surface area contributed by atoms with Gasteiger partial charge in [-0.2, -0.15) is 0 Å². The maximum Gasteiger partial charge on any atom is 0.251 e. The van der Waals surface area contributed by atoms with Crippen LogP contribution in [0.3, 0.4) is 0 Å². The fraction of sp³-hybridized carbons (Fsp3) is 0.588. The molecule has 0 bridgehead atoms. The van der Waals surface area contributed by atoms with Crippen LogP contribution in [-0.4, -0.2) is 17.8 Å². The van der Waals surface area contributed by atoms with Crippen LogP contribution in [0.15, 0.2) is 18.2 Å². The van der Waals surface area contributed by atoms with Gasteiger partial charge < -0.3 is 5.32 Å². The number of carbonyl (C=O) groups is 1. The van der Waals surface area contributed by atoms with Gasteiger partial charge in [-0.25, -0.2) is 0 Å². The first-order chi connectivity index (χ1) is 9.60. The summed E-state index contributed by atoms with van der Waals surface area (Å²) in [6, 6.07) is 6.02. The average Bonchev–Trinajstić information content (AvgIpc) is 2.44. The molecule has 1 fully saturated rings. The van der Waals surface area contributed by atoms with Crippen LogP contribution in [0.1, 0.15) is 47.2 Å². The zero-order chi connectivity index (χ0) is 14.5. The van der Waals surface area contributed by atoms with E-state index in [4.69, 9.17) is 0 Å². The molecule has 2 nitrogen and oxygen atoms in total. The molecule has 1 saturated carbocycles. The Kier molecular flexibility index (Phi) is 5.64. The maximum absolute atomic E-state index is 12.3. The standard InChI is InChI=1S/C17H24BrNO/c1-12-7-13(2)9-16(8-12)17(20)19-11-15-6-4-3-5-14(15)10-18/h7-9,14-15H,3-6,10-11H2,1-2H3,(H,19,20). The van der Waals surface area contributed by atoms with Crippen molar-refractivity contribution in [3.8, 4) is 0 Å². The molecule has 0 radical (unpaired) electrons. The highest BCUT2D eigenvalue weighted by Crippen LogP contribution is 2.30. The zero-order valence-corrected chi connectivity index (χ0v) is 14.0. The number of amides is 1. The summed E-state index contributed by atoms with van der Waals surface area (Å²) < 4.78 is 0. The fourth-order valence-corrected chi connectivity index (χ4v) is 4.04. The van der Waals surface area contributed by atoms with E-state index in [0.717, 1.165) is 28.6 Å². The Bertz CT molecular complexity index is 452. The lowest BCUT2D eigenvalue weighted by Gasteiger charge is -2.30. The van der Waals surface area contributed by atoms with E-state index in [0.29, 0.717) is 11.8 Å². The number of halogens is 1. The molecule has 0 aliphatic heterocycles. The van der Waals surface area contributed by atoms with Crippen molar-refractivity contribution in [2.75, 3.05) is 11.9 Å². The molecule has 1 aromatic rings. The van der Waals surface area contributed by atoms with Gasteiger partial charge in [-0.3, -0.25) is 4.79 Å². The second-order valence-electron chi connectivity index (χ2n) is 6.05. The molecular weight excluding hydrogens is 314 g/mol. The van der Waals surface area contributed by atoms with Gasteiger partial charge in [0.15, 0.2) is 0 Å². The molecular formula is C17H24BrNO. The Morgan fingerprint density at radius 2 is 1.75 bits per heavy atom. The highest BCUT2D eigenvalue weighted by atomic mass is 79.9. The summed E-state index contributed by atoms with van der Waals surface area (Å²) in [5, 5.41) is 4.18. The molecule has 1 aromatic carbocycles. The van der Waals surface area contributed by atoms with Gasteiger partial charge in [0.1, 0.15) is 0 Å². The third-order valence-electron chi connectivity index (χ3n) is 4.27. The lowest BCUT2D eigenvalue weighted by Crippen LogP contribution is -2.34. The highest BCUT2D eigenvalue weighted by Gasteiger charge is 2.24. The van der Waals surface area contributed by atoms with Crippen molar-refractivity contribution < 1.29 is 4.79 Å². The van der Waals surface area contributed by atoms with Gasteiger partial charge in [0.2, 0.25) is 0 Å². The highest BCUT2D eigenvalue weighted by molar-refractivity contribution is 9.09. The Morgan fingerprint density at radius 1 is 1.15 bits per heavy atom. The summed E-state index contributed by atoms with van der Waals surface area (Å²) >= 11 is 3.61. The van der Waals surface area contributed by atoms with Crippen molar-refractivity contribution in [1.82, 2.24) is 5.32 Å². The van der Waals surface area contributed by atoms with Gasteiger partial charge in [0, 0.05) is 17.4 Å². The minimum Gasteiger partial charge on any atom is -0.352 e. The second kappa shape index (κ2) is 7.26. The van der Waals surface area contributed by atoms with Crippen LogP contribution in [-0.2, 0) is 0 Å². The molecule has 110 valence electrons. The summed E-state index contributed by atoms with van der Waals surface area (Å²) in [6.07, 6.45) is 5.16. The number of hydrogen-bond donors (Lipinski definition) is 1. The topological polar surface area (TPSA) is 29.1 Å². The molecule has 1 N–H and O–H groups in total. The van der Waals surface area contributed by atoms with Crippen LogP contribution in [0.25, 0.3) is 0 Å². The fourth-order valence-electron chi connectivity index (χ4n) is 3.19. The summed E-state index contributed by atoms with van der Waals surface area (Å²) in [5.41, 5.74) is 3.08. The SMILES string of the molecule is Cc1cc(C)cc(C(=O)NCC2CCCCC2CBr)c1. The number of benzene rings is 1. The van der Waals surface area contributed by atoms with Crippen LogP contribution in [0.2, 0.25) is 0 Å². The number of carbonyl (C=O) groups excluding carboxylic acids is 1. The minimum absolute atomic E-state index is 0.0655. The lowest BCUT2D eigenvalue weighted by atomic mass is 9.80. The Balaban J connectivity index is 1.94. The smallest absolute Gasteiger partial charge is 0.251 e. The molecule has 0 spiro atoms. The predicted molar refractivity (Wildman–Crippen MR) is 87.5 cm³/mol. The summed E-state index contributed by atoms with van der Waals surface area (Å²) in [5.74, 6) is 1.40. The van der Waals surface area contributed by atoms with E-state index in [2.05, 4.69) is 27.3 Å². The molecule has 1 aliphatic carbocycles. The van der Waals surface area contributed by atoms with Gasteiger partial charge in [-0.1, -0.05) is 46.0 Å². The minimum atomic E-state index is 0.0655. The normalized spacial score (nSPS) is 22.6. The number of alkyl halides is 1. The summed E-state index contributed by atoms with van der Waals surface area (Å²) in [4.78, 5) is 12.3. The van der Waals surface area contributed by atoms with E-state index in [-0.39, 0.29) is 5.91 Å². The Hall–Kier alpha value is -0.830. The molecule has 2 unspecified atom stereocenters. The van der Waals surface area contributed by atoms with E-state index in [1.807, 2.05) is 26.0 Å². The lowest BCUT2D eigenvalue weighted by molar-refractivity contribution is 0.0937. The van der Waals surface area contributed by atoms with Crippen LogP contribution in [0, 0.1) is 25.7 Å². The third kappa shape index (κ3) is 4.08. The quantitative estimate of drug-likeness (QED) is 0.818. The van der Waals surface area contributed by atoms with Gasteiger partial charge in [0.05, 0.1) is 0 Å². The predicted octanol–water partition coefficient (Wildman–Crippen LogP) is 4.23. The van der Waals surface area contributed by atoms with E-state index < -0.39 is 0 Å². The first kappa shape index (κ1) is 15.6. The summed E-state index contributed by atoms with van der Waals surface area (Å²) in [7, 11) is 0. The average molecular weight is 338 g/mol. The molecule has 20 heavy (non-hydrogen) atoms. The molecule has 0 aromatic heterocycles. The van der Waals surface area contributed by atoms with Crippen molar-refractivity contribution in [3.05, 3.63) is 34.9 Å². The van der Waals surface area contributed by atoms with Crippen LogP contribution < -0.4 is 5.32 Å². The molecule has 0 saturated heterocycles. The van der Waals surface area contributed by atoms with E-state index in [1.165, 1.54) is 25.7 Å². The molecule has 2 rings (SSSR count). The van der Waals surface area contributed by atoms with Crippen molar-refractivity contribution in [1.29, 1.82) is 0 Å². The largest absolute Gasteiger partial charge is 0.352 e. The Labute approximate surface area is 130 Å². The van der Waals surface area contributed by atoms with Crippen molar-refractivity contribution in [3.63, 3.8) is 0 Å². The summed E-state index contributed by atoms with van der Waals surface area (Å²) in [6.45, 7) is 4.87. The molecule has 3 heteroatoms. The van der Waals surface area contributed by atoms with Crippen LogP contribution >= 0.6 is 15.9 Å². The van der Waals surface area contributed by atoms with Gasteiger partial charge in [-0.05, 0) is 50.7 Å². The van der Waals surface area contributed by atoms with Crippen LogP contribution in [0.4, 0.5) is 0 Å². The monoisotopic (exact) mass is 337 g/mol.